The predicted octanol–water partition coefficient (Wildman–Crippen LogP) is -2.97. The Bertz CT molecular complexity index is 640. The van der Waals surface area contributed by atoms with Crippen LogP contribution in [0.4, 0.5) is 5.82 Å². The zero-order valence-electron chi connectivity index (χ0n) is 12.0. The van der Waals surface area contributed by atoms with Gasteiger partial charge in [-0.1, -0.05) is 6.92 Å². The molecule has 9 heteroatoms. The Labute approximate surface area is 138 Å². The third-order valence-corrected chi connectivity index (χ3v) is 4.86. The van der Waals surface area contributed by atoms with Crippen LogP contribution in [0.1, 0.15) is 18.5 Å². The van der Waals surface area contributed by atoms with Crippen LogP contribution < -0.4 is 23.5 Å². The second kappa shape index (κ2) is 7.01. The van der Waals surface area contributed by atoms with Gasteiger partial charge >= 0.3 is 0 Å². The van der Waals surface area contributed by atoms with E-state index in [1.165, 1.54) is 6.33 Å². The molecule has 1 saturated heterocycles. The van der Waals surface area contributed by atoms with Crippen LogP contribution in [0.25, 0.3) is 11.0 Å². The van der Waals surface area contributed by atoms with Crippen LogP contribution in [-0.2, 0) is 0 Å². The fraction of sp³-hybridized carbons (Fsp3) is 0.538. The zero-order chi connectivity index (χ0) is 15.0. The lowest BCUT2D eigenvalue weighted by Crippen LogP contribution is -3.00. The Hall–Kier alpha value is -1.06. The van der Waals surface area contributed by atoms with Crippen LogP contribution in [-0.4, -0.2) is 54.9 Å². The number of nitrogens with two attached hydrogens (primary N) is 1. The molecule has 0 bridgehead atoms. The molecule has 0 amide bonds. The Morgan fingerprint density at radius 3 is 2.82 bits per heavy atom. The molecule has 0 aliphatic carbocycles. The van der Waals surface area contributed by atoms with Gasteiger partial charge < -0.3 is 38.7 Å². The first-order valence-electron chi connectivity index (χ1n) is 6.90. The minimum atomic E-state index is -0.873. The summed E-state index contributed by atoms with van der Waals surface area (Å²) in [4.78, 5) is 11.2. The number of nitrogen functional groups attached to an aromatic ring is 1. The van der Waals surface area contributed by atoms with Gasteiger partial charge in [0.15, 0.2) is 5.82 Å². The number of aromatic amines is 1. The summed E-state index contributed by atoms with van der Waals surface area (Å²) in [6.07, 6.45) is 1.50. The van der Waals surface area contributed by atoms with Gasteiger partial charge in [-0.05, 0) is 5.75 Å². The van der Waals surface area contributed by atoms with Gasteiger partial charge in [0, 0.05) is 23.6 Å². The highest BCUT2D eigenvalue weighted by molar-refractivity contribution is 7.99. The van der Waals surface area contributed by atoms with Crippen LogP contribution in [0.15, 0.2) is 12.5 Å². The van der Waals surface area contributed by atoms with Gasteiger partial charge in [-0.15, -0.1) is 0 Å². The lowest BCUT2D eigenvalue weighted by molar-refractivity contribution is -0.00000632. The molecule has 2 aromatic heterocycles. The van der Waals surface area contributed by atoms with E-state index in [0.29, 0.717) is 16.9 Å². The molecular weight excluding hydrogens is 326 g/mol. The van der Waals surface area contributed by atoms with E-state index in [1.807, 2.05) is 0 Å². The predicted molar refractivity (Wildman–Crippen MR) is 83.0 cm³/mol. The number of H-pyrrole nitrogens is 1. The Morgan fingerprint density at radius 2 is 2.09 bits per heavy atom. The molecule has 0 spiro atoms. The number of hydrogen-bond donors (Lipinski definition) is 5. The van der Waals surface area contributed by atoms with E-state index in [9.17, 15) is 10.2 Å². The summed E-state index contributed by atoms with van der Waals surface area (Å²) < 4.78 is 0. The average Bonchev–Trinajstić information content (AvgIpc) is 3.02. The van der Waals surface area contributed by atoms with Gasteiger partial charge in [0.25, 0.3) is 0 Å². The summed E-state index contributed by atoms with van der Waals surface area (Å²) in [6.45, 7) is 2.07. The van der Waals surface area contributed by atoms with Crippen molar-refractivity contribution in [1.82, 2.24) is 20.3 Å². The summed E-state index contributed by atoms with van der Waals surface area (Å²) in [7, 11) is 0. The van der Waals surface area contributed by atoms with Crippen molar-refractivity contribution in [2.24, 2.45) is 0 Å². The number of rotatable bonds is 4. The normalized spacial score (nSPS) is 28.0. The van der Waals surface area contributed by atoms with Gasteiger partial charge in [-0.3, -0.25) is 0 Å². The van der Waals surface area contributed by atoms with E-state index in [-0.39, 0.29) is 24.5 Å². The minimum absolute atomic E-state index is 0. The molecule has 122 valence electrons. The number of nitrogens with one attached hydrogen (secondary N) is 2. The first-order chi connectivity index (χ1) is 10.1. The van der Waals surface area contributed by atoms with Crippen LogP contribution in [0.2, 0.25) is 0 Å². The molecule has 7 nitrogen and oxygen atoms in total. The van der Waals surface area contributed by atoms with Crippen molar-refractivity contribution in [1.29, 1.82) is 0 Å². The summed E-state index contributed by atoms with van der Waals surface area (Å²) in [5.74, 6) is 2.10. The third kappa shape index (κ3) is 2.89. The Kier molecular flexibility index (Phi) is 5.51. The number of halogens is 1. The van der Waals surface area contributed by atoms with Crippen LogP contribution >= 0.6 is 11.8 Å². The molecule has 0 aromatic carbocycles. The van der Waals surface area contributed by atoms with E-state index >= 15 is 0 Å². The lowest BCUT2D eigenvalue weighted by atomic mass is 10.0. The van der Waals surface area contributed by atoms with Crippen LogP contribution in [0, 0.1) is 0 Å². The van der Waals surface area contributed by atoms with Gasteiger partial charge in [0.1, 0.15) is 17.9 Å². The standard InChI is InChI=1S/C13H19N5O2S.ClH/c1-2-21-4-7-11(19)12(20)9(18-7)6-3-15-10-8(6)16-5-17-13(10)14;/h3,5,7,9,11-12,15,18-20H,2,4H2,1H3,(H2,14,16,17);1H/p-1. The lowest BCUT2D eigenvalue weighted by Gasteiger charge is -2.14. The number of fused-ring (bicyclic) bond motifs is 1. The Morgan fingerprint density at radius 1 is 1.32 bits per heavy atom. The van der Waals surface area contributed by atoms with E-state index in [0.717, 1.165) is 17.1 Å². The SMILES string of the molecule is CCSCC1NC(c2c[nH]c3c(N)ncnc23)C(O)C1O.[Cl-]. The molecule has 2 aromatic rings. The molecule has 6 N–H and O–H groups in total. The maximum absolute atomic E-state index is 10.3. The smallest absolute Gasteiger partial charge is 0.151 e. The molecule has 0 radical (unpaired) electrons. The zero-order valence-corrected chi connectivity index (χ0v) is 13.6. The second-order valence-electron chi connectivity index (χ2n) is 5.12. The largest absolute Gasteiger partial charge is 1.00 e. The summed E-state index contributed by atoms with van der Waals surface area (Å²) in [6, 6.07) is -0.510. The molecule has 3 rings (SSSR count). The van der Waals surface area contributed by atoms with Crippen molar-refractivity contribution in [3.05, 3.63) is 18.1 Å². The molecule has 3 heterocycles. The molecule has 1 fully saturated rings. The van der Waals surface area contributed by atoms with Gasteiger partial charge in [0.05, 0.1) is 17.7 Å². The second-order valence-corrected chi connectivity index (χ2v) is 6.44. The van der Waals surface area contributed by atoms with Gasteiger partial charge in [-0.2, -0.15) is 11.8 Å². The summed E-state index contributed by atoms with van der Waals surface area (Å²) in [5, 5.41) is 23.8. The quantitative estimate of drug-likeness (QED) is 0.402. The Balaban J connectivity index is 0.00000176. The van der Waals surface area contributed by atoms with Gasteiger partial charge in [-0.25, -0.2) is 9.97 Å². The third-order valence-electron chi connectivity index (χ3n) is 3.86. The van der Waals surface area contributed by atoms with Crippen molar-refractivity contribution in [2.75, 3.05) is 17.2 Å². The molecule has 22 heavy (non-hydrogen) atoms. The number of hydrogen-bond acceptors (Lipinski definition) is 7. The molecule has 1 aliphatic rings. The first kappa shape index (κ1) is 17.3. The van der Waals surface area contributed by atoms with Crippen molar-refractivity contribution in [2.45, 2.75) is 31.2 Å². The number of anilines is 1. The van der Waals surface area contributed by atoms with Crippen molar-refractivity contribution in [3.8, 4) is 0 Å². The van der Waals surface area contributed by atoms with Crippen molar-refractivity contribution < 1.29 is 22.6 Å². The summed E-state index contributed by atoms with van der Waals surface area (Å²) >= 11 is 1.73. The molecule has 4 unspecified atom stereocenters. The van der Waals surface area contributed by atoms with Crippen LogP contribution in [0.3, 0.4) is 0 Å². The molecule has 0 saturated carbocycles. The van der Waals surface area contributed by atoms with E-state index in [2.05, 4.69) is 27.2 Å². The van der Waals surface area contributed by atoms with Crippen molar-refractivity contribution in [3.63, 3.8) is 0 Å². The fourth-order valence-corrected chi connectivity index (χ4v) is 3.53. The first-order valence-corrected chi connectivity index (χ1v) is 8.06. The number of nitrogens with zero attached hydrogens (tertiary/aromatic N) is 2. The number of aliphatic hydroxyl groups is 2. The van der Waals surface area contributed by atoms with Gasteiger partial charge in [0.2, 0.25) is 0 Å². The minimum Gasteiger partial charge on any atom is -1.00 e. The highest BCUT2D eigenvalue weighted by atomic mass is 35.5. The van der Waals surface area contributed by atoms with Crippen molar-refractivity contribution >= 4 is 28.6 Å². The highest BCUT2D eigenvalue weighted by Gasteiger charge is 2.42. The highest BCUT2D eigenvalue weighted by Crippen LogP contribution is 2.33. The molecular formula is C13H19ClN5O2S-. The number of aromatic nitrogens is 3. The number of thioether (sulfide) groups is 1. The maximum atomic E-state index is 10.3. The van der Waals surface area contributed by atoms with Crippen LogP contribution in [0.5, 0.6) is 0 Å². The fourth-order valence-electron chi connectivity index (χ4n) is 2.74. The monoisotopic (exact) mass is 344 g/mol. The summed E-state index contributed by atoms with van der Waals surface area (Å²) in [5.41, 5.74) is 7.94. The topological polar surface area (TPSA) is 120 Å². The average molecular weight is 345 g/mol. The van der Waals surface area contributed by atoms with E-state index in [1.54, 1.807) is 18.0 Å². The molecule has 4 atom stereocenters. The molecule has 1 aliphatic heterocycles. The maximum Gasteiger partial charge on any atom is 0.151 e. The van der Waals surface area contributed by atoms with E-state index < -0.39 is 12.2 Å². The van der Waals surface area contributed by atoms with E-state index in [4.69, 9.17) is 5.73 Å². The number of aliphatic hydroxyl groups excluding tert-OH is 2.